The molecule has 7 rings (SSSR count). The first-order chi connectivity index (χ1) is 17.2. The molecule has 1 saturated heterocycles. The van der Waals surface area contributed by atoms with Crippen molar-refractivity contribution in [3.8, 4) is 0 Å². The van der Waals surface area contributed by atoms with Crippen LogP contribution in [0.3, 0.4) is 0 Å². The summed E-state index contributed by atoms with van der Waals surface area (Å²) < 4.78 is 0. The van der Waals surface area contributed by atoms with Gasteiger partial charge in [0, 0.05) is 16.1 Å². The van der Waals surface area contributed by atoms with Crippen LogP contribution in [0.15, 0.2) is 48.6 Å². The molecule has 3 amide bonds. The first kappa shape index (κ1) is 24.0. The third-order valence-corrected chi connectivity index (χ3v) is 9.09. The van der Waals surface area contributed by atoms with E-state index in [1.165, 1.54) is 36.4 Å². The Bertz CT molecular complexity index is 1360. The molecular formula is C26H18Cl4N2O4. The van der Waals surface area contributed by atoms with Crippen LogP contribution in [0, 0.1) is 35.5 Å². The van der Waals surface area contributed by atoms with E-state index in [9.17, 15) is 19.2 Å². The lowest BCUT2D eigenvalue weighted by Crippen LogP contribution is -2.52. The second kappa shape index (κ2) is 8.59. The van der Waals surface area contributed by atoms with Crippen LogP contribution in [0.25, 0.3) is 0 Å². The highest BCUT2D eigenvalue weighted by atomic mass is 35.5. The molecule has 1 aliphatic heterocycles. The largest absolute Gasteiger partial charge is 0.292 e. The van der Waals surface area contributed by atoms with Crippen LogP contribution in [-0.4, -0.2) is 40.1 Å². The van der Waals surface area contributed by atoms with E-state index in [1.54, 1.807) is 0 Å². The van der Waals surface area contributed by atoms with Gasteiger partial charge in [0.25, 0.3) is 17.7 Å². The SMILES string of the molecule is O=C(CN(C(=O)c1ccc(Cl)c(Cl)c1)N1C(=O)[C@@H]2[C@H]3C=C[C@@H]([C@@H]4C[C@H]34)[C@@H]2C1=O)c1ccc(Cl)cc1Cl. The number of hydrogen-bond acceptors (Lipinski definition) is 4. The number of benzene rings is 2. The molecule has 2 aromatic rings. The van der Waals surface area contributed by atoms with Gasteiger partial charge in [0.15, 0.2) is 5.78 Å². The van der Waals surface area contributed by atoms with E-state index in [0.29, 0.717) is 16.9 Å². The molecule has 6 nitrogen and oxygen atoms in total. The minimum Gasteiger partial charge on any atom is -0.292 e. The van der Waals surface area contributed by atoms with Crippen LogP contribution in [0.2, 0.25) is 20.1 Å². The highest BCUT2D eigenvalue weighted by molar-refractivity contribution is 6.42. The van der Waals surface area contributed by atoms with Gasteiger partial charge in [-0.25, -0.2) is 5.01 Å². The molecule has 0 N–H and O–H groups in total. The molecule has 10 heteroatoms. The van der Waals surface area contributed by atoms with Crippen molar-refractivity contribution in [1.29, 1.82) is 0 Å². The molecule has 2 bridgehead atoms. The molecule has 184 valence electrons. The number of amides is 3. The Balaban J connectivity index is 1.38. The Morgan fingerprint density at radius 3 is 2.06 bits per heavy atom. The summed E-state index contributed by atoms with van der Waals surface area (Å²) >= 11 is 24.3. The van der Waals surface area contributed by atoms with E-state index in [1.807, 2.05) is 12.2 Å². The third-order valence-electron chi connectivity index (χ3n) is 7.81. The van der Waals surface area contributed by atoms with Crippen molar-refractivity contribution in [2.45, 2.75) is 6.42 Å². The Hall–Kier alpha value is -2.38. The Labute approximate surface area is 226 Å². The van der Waals surface area contributed by atoms with Crippen molar-refractivity contribution in [1.82, 2.24) is 10.0 Å². The number of halogens is 4. The van der Waals surface area contributed by atoms with Gasteiger partial charge in [-0.3, -0.25) is 19.2 Å². The van der Waals surface area contributed by atoms with E-state index in [-0.39, 0.29) is 38.0 Å². The number of carbonyl (C=O) groups is 4. The molecule has 0 aromatic heterocycles. The molecule has 3 fully saturated rings. The van der Waals surface area contributed by atoms with Crippen molar-refractivity contribution < 1.29 is 19.2 Å². The molecule has 0 spiro atoms. The molecule has 0 radical (unpaired) electrons. The first-order valence-electron chi connectivity index (χ1n) is 11.5. The Kier molecular flexibility index (Phi) is 5.72. The quantitative estimate of drug-likeness (QED) is 0.270. The monoisotopic (exact) mass is 562 g/mol. The number of rotatable bonds is 5. The van der Waals surface area contributed by atoms with Crippen LogP contribution in [0.4, 0.5) is 0 Å². The van der Waals surface area contributed by atoms with E-state index >= 15 is 0 Å². The summed E-state index contributed by atoms with van der Waals surface area (Å²) in [4.78, 5) is 54.4. The molecule has 5 aliphatic rings. The summed E-state index contributed by atoms with van der Waals surface area (Å²) in [6.45, 7) is -0.576. The predicted octanol–water partition coefficient (Wildman–Crippen LogP) is 5.59. The third kappa shape index (κ3) is 3.61. The fourth-order valence-electron chi connectivity index (χ4n) is 6.13. The maximum atomic E-state index is 13.7. The van der Waals surface area contributed by atoms with Gasteiger partial charge in [-0.1, -0.05) is 58.6 Å². The molecule has 2 saturated carbocycles. The number of Topliss-reactive ketones (excluding diaryl/α,β-unsaturated/α-hetero) is 1. The Morgan fingerprint density at radius 2 is 1.47 bits per heavy atom. The van der Waals surface area contributed by atoms with Crippen molar-refractivity contribution >= 4 is 69.9 Å². The minimum atomic E-state index is -0.724. The fourth-order valence-corrected chi connectivity index (χ4v) is 6.94. The lowest BCUT2D eigenvalue weighted by Gasteiger charge is -2.37. The molecule has 1 heterocycles. The highest BCUT2D eigenvalue weighted by Crippen LogP contribution is 2.65. The zero-order chi connectivity index (χ0) is 25.5. The van der Waals surface area contributed by atoms with Gasteiger partial charge in [-0.15, -0.1) is 0 Å². The van der Waals surface area contributed by atoms with E-state index in [4.69, 9.17) is 46.4 Å². The number of nitrogens with zero attached hydrogens (tertiary/aromatic N) is 2. The normalized spacial score (nSPS) is 29.3. The van der Waals surface area contributed by atoms with Gasteiger partial charge in [-0.2, -0.15) is 5.01 Å². The van der Waals surface area contributed by atoms with Crippen LogP contribution in [0.1, 0.15) is 27.1 Å². The second-order valence-electron chi connectivity index (χ2n) is 9.68. The predicted molar refractivity (Wildman–Crippen MR) is 135 cm³/mol. The molecule has 4 aliphatic carbocycles. The molecular weight excluding hydrogens is 546 g/mol. The van der Waals surface area contributed by atoms with E-state index in [2.05, 4.69) is 0 Å². The smallest absolute Gasteiger partial charge is 0.273 e. The zero-order valence-electron chi connectivity index (χ0n) is 18.5. The van der Waals surface area contributed by atoms with Crippen molar-refractivity contribution in [3.05, 3.63) is 79.8 Å². The van der Waals surface area contributed by atoms with E-state index in [0.717, 1.165) is 16.4 Å². The van der Waals surface area contributed by atoms with Gasteiger partial charge in [-0.05, 0) is 66.5 Å². The maximum Gasteiger partial charge on any atom is 0.273 e. The molecule has 6 atom stereocenters. The average molecular weight is 564 g/mol. The number of hydrazine groups is 1. The summed E-state index contributed by atoms with van der Waals surface area (Å²) in [6.07, 6.45) is 5.09. The number of allylic oxidation sites excluding steroid dienone is 2. The van der Waals surface area contributed by atoms with Gasteiger partial charge >= 0.3 is 0 Å². The highest BCUT2D eigenvalue weighted by Gasteiger charge is 2.68. The van der Waals surface area contributed by atoms with Gasteiger partial charge < -0.3 is 0 Å². The van der Waals surface area contributed by atoms with Crippen LogP contribution >= 0.6 is 46.4 Å². The average Bonchev–Trinajstić information content (AvgIpc) is 3.62. The van der Waals surface area contributed by atoms with Crippen molar-refractivity contribution in [2.24, 2.45) is 35.5 Å². The van der Waals surface area contributed by atoms with Crippen LogP contribution < -0.4 is 0 Å². The fraction of sp³-hybridized carbons (Fsp3) is 0.308. The summed E-state index contributed by atoms with van der Waals surface area (Å²) in [6, 6.07) is 8.58. The second-order valence-corrected chi connectivity index (χ2v) is 11.3. The van der Waals surface area contributed by atoms with Gasteiger partial charge in [0.2, 0.25) is 0 Å². The van der Waals surface area contributed by atoms with Gasteiger partial charge in [0.1, 0.15) is 6.54 Å². The van der Waals surface area contributed by atoms with Crippen LogP contribution in [-0.2, 0) is 9.59 Å². The lowest BCUT2D eigenvalue weighted by molar-refractivity contribution is -0.154. The topological polar surface area (TPSA) is 74.8 Å². The summed E-state index contributed by atoms with van der Waals surface area (Å²) in [5, 5.41) is 2.61. The van der Waals surface area contributed by atoms with E-state index < -0.39 is 41.9 Å². The minimum absolute atomic E-state index is 0.0326. The Morgan fingerprint density at radius 1 is 0.833 bits per heavy atom. The number of carbonyl (C=O) groups excluding carboxylic acids is 4. The first-order valence-corrected chi connectivity index (χ1v) is 13.0. The summed E-state index contributed by atoms with van der Waals surface area (Å²) in [5.74, 6) is -2.54. The molecule has 0 unspecified atom stereocenters. The number of ketones is 1. The standard InChI is InChI=1S/C26H18Cl4N2O4/c27-12-2-3-15(19(29)8-12)21(33)10-31(24(34)11-1-6-18(28)20(30)7-11)32-25(35)22-13-4-5-14(17-9-16(13)17)23(22)26(32)36/h1-8,13-14,16-17,22-23H,9-10H2/t13-,14-,16-,17+,22-,23+/m0/s1. The number of hydrogen-bond donors (Lipinski definition) is 0. The molecule has 36 heavy (non-hydrogen) atoms. The maximum absolute atomic E-state index is 13.7. The zero-order valence-corrected chi connectivity index (χ0v) is 21.6. The summed E-state index contributed by atoms with van der Waals surface area (Å²) in [5.41, 5.74) is 0.200. The summed E-state index contributed by atoms with van der Waals surface area (Å²) in [7, 11) is 0. The van der Waals surface area contributed by atoms with Crippen LogP contribution in [0.5, 0.6) is 0 Å². The van der Waals surface area contributed by atoms with Gasteiger partial charge in [0.05, 0.1) is 26.9 Å². The van der Waals surface area contributed by atoms with Crippen molar-refractivity contribution in [2.75, 3.05) is 6.54 Å². The lowest BCUT2D eigenvalue weighted by atomic mass is 9.63. The van der Waals surface area contributed by atoms with Crippen molar-refractivity contribution in [3.63, 3.8) is 0 Å². The number of imide groups is 1. The molecule has 2 aromatic carbocycles.